The standard InChI is InChI=1S/C15H28N2O3S/c1-15(2,3)12-21(19,20)16-9-4-6-13(8-11-16)17-10-5-7-14(17)18/h13H,4-12H2,1-3H3. The molecule has 122 valence electrons. The Bertz CT molecular complexity index is 482. The van der Waals surface area contributed by atoms with E-state index in [4.69, 9.17) is 0 Å². The van der Waals surface area contributed by atoms with Crippen molar-refractivity contribution in [1.82, 2.24) is 9.21 Å². The first-order valence-corrected chi connectivity index (χ1v) is 9.57. The van der Waals surface area contributed by atoms with Crippen molar-refractivity contribution in [3.8, 4) is 0 Å². The van der Waals surface area contributed by atoms with E-state index in [1.54, 1.807) is 4.31 Å². The first kappa shape index (κ1) is 16.7. The van der Waals surface area contributed by atoms with Gasteiger partial charge in [0.15, 0.2) is 0 Å². The fraction of sp³-hybridized carbons (Fsp3) is 0.933. The number of carbonyl (C=O) groups is 1. The Morgan fingerprint density at radius 2 is 1.81 bits per heavy atom. The molecule has 2 fully saturated rings. The summed E-state index contributed by atoms with van der Waals surface area (Å²) in [6.45, 7) is 7.85. The van der Waals surface area contributed by atoms with Gasteiger partial charge in [0.1, 0.15) is 0 Å². The molecule has 21 heavy (non-hydrogen) atoms. The largest absolute Gasteiger partial charge is 0.340 e. The van der Waals surface area contributed by atoms with Gasteiger partial charge in [-0.25, -0.2) is 12.7 Å². The van der Waals surface area contributed by atoms with E-state index in [2.05, 4.69) is 0 Å². The van der Waals surface area contributed by atoms with Crippen LogP contribution in [0.25, 0.3) is 0 Å². The first-order valence-electron chi connectivity index (χ1n) is 7.96. The fourth-order valence-corrected chi connectivity index (χ4v) is 5.40. The maximum absolute atomic E-state index is 12.5. The summed E-state index contributed by atoms with van der Waals surface area (Å²) in [6, 6.07) is 0.231. The minimum Gasteiger partial charge on any atom is -0.340 e. The van der Waals surface area contributed by atoms with Crippen LogP contribution >= 0.6 is 0 Å². The molecule has 2 saturated heterocycles. The van der Waals surface area contributed by atoms with Gasteiger partial charge < -0.3 is 4.90 Å². The average molecular weight is 316 g/mol. The topological polar surface area (TPSA) is 57.7 Å². The van der Waals surface area contributed by atoms with Crippen LogP contribution in [0.2, 0.25) is 0 Å². The smallest absolute Gasteiger partial charge is 0.222 e. The van der Waals surface area contributed by atoms with E-state index in [1.165, 1.54) is 0 Å². The maximum Gasteiger partial charge on any atom is 0.222 e. The third kappa shape index (κ3) is 4.42. The molecular formula is C15H28N2O3S. The van der Waals surface area contributed by atoms with Crippen molar-refractivity contribution in [3.05, 3.63) is 0 Å². The van der Waals surface area contributed by atoms with Crippen LogP contribution in [0.4, 0.5) is 0 Å². The molecule has 0 N–H and O–H groups in total. The summed E-state index contributed by atoms with van der Waals surface area (Å²) in [5, 5.41) is 0. The second-order valence-electron chi connectivity index (χ2n) is 7.49. The highest BCUT2D eigenvalue weighted by Gasteiger charge is 2.33. The van der Waals surface area contributed by atoms with Crippen molar-refractivity contribution in [2.45, 2.75) is 58.9 Å². The molecule has 0 spiro atoms. The Kier molecular flexibility index (Phi) is 4.98. The Balaban J connectivity index is 1.99. The van der Waals surface area contributed by atoms with Gasteiger partial charge in [-0.3, -0.25) is 4.79 Å². The molecule has 1 unspecified atom stereocenters. The van der Waals surface area contributed by atoms with E-state index in [9.17, 15) is 13.2 Å². The van der Waals surface area contributed by atoms with Crippen LogP contribution in [0.5, 0.6) is 0 Å². The molecule has 2 rings (SSSR count). The maximum atomic E-state index is 12.5. The minimum absolute atomic E-state index is 0.188. The highest BCUT2D eigenvalue weighted by atomic mass is 32.2. The Morgan fingerprint density at radius 1 is 1.10 bits per heavy atom. The Morgan fingerprint density at radius 3 is 2.38 bits per heavy atom. The Hall–Kier alpha value is -0.620. The third-order valence-electron chi connectivity index (χ3n) is 4.22. The number of carbonyl (C=O) groups excluding carboxylic acids is 1. The van der Waals surface area contributed by atoms with Gasteiger partial charge in [0.25, 0.3) is 0 Å². The molecular weight excluding hydrogens is 288 g/mol. The lowest BCUT2D eigenvalue weighted by Crippen LogP contribution is -2.39. The van der Waals surface area contributed by atoms with Crippen molar-refractivity contribution < 1.29 is 13.2 Å². The van der Waals surface area contributed by atoms with E-state index in [1.807, 2.05) is 25.7 Å². The number of sulfonamides is 1. The molecule has 2 heterocycles. The zero-order valence-corrected chi connectivity index (χ0v) is 14.3. The highest BCUT2D eigenvalue weighted by Crippen LogP contribution is 2.25. The van der Waals surface area contributed by atoms with Crippen molar-refractivity contribution in [2.24, 2.45) is 5.41 Å². The van der Waals surface area contributed by atoms with Crippen LogP contribution in [0.1, 0.15) is 52.9 Å². The molecule has 0 radical (unpaired) electrons. The third-order valence-corrected chi connectivity index (χ3v) is 6.60. The molecule has 6 heteroatoms. The van der Waals surface area contributed by atoms with E-state index < -0.39 is 10.0 Å². The van der Waals surface area contributed by atoms with Gasteiger partial charge in [-0.1, -0.05) is 20.8 Å². The van der Waals surface area contributed by atoms with Crippen LogP contribution in [-0.2, 0) is 14.8 Å². The zero-order valence-electron chi connectivity index (χ0n) is 13.5. The van der Waals surface area contributed by atoms with Crippen molar-refractivity contribution in [2.75, 3.05) is 25.4 Å². The number of hydrogen-bond acceptors (Lipinski definition) is 3. The van der Waals surface area contributed by atoms with Crippen molar-refractivity contribution in [3.63, 3.8) is 0 Å². The lowest BCUT2D eigenvalue weighted by atomic mass is 10.0. The van der Waals surface area contributed by atoms with Crippen molar-refractivity contribution >= 4 is 15.9 Å². The molecule has 2 aliphatic heterocycles. The number of rotatable bonds is 3. The van der Waals surface area contributed by atoms with E-state index >= 15 is 0 Å². The average Bonchev–Trinajstić information content (AvgIpc) is 2.61. The van der Waals surface area contributed by atoms with Crippen LogP contribution in [0.3, 0.4) is 0 Å². The number of amides is 1. The van der Waals surface area contributed by atoms with Crippen LogP contribution in [0.15, 0.2) is 0 Å². The summed E-state index contributed by atoms with van der Waals surface area (Å²) < 4.78 is 26.6. The molecule has 2 aliphatic rings. The van der Waals surface area contributed by atoms with Gasteiger partial charge in [0.05, 0.1) is 5.75 Å². The monoisotopic (exact) mass is 316 g/mol. The molecule has 0 aromatic rings. The SMILES string of the molecule is CC(C)(C)CS(=O)(=O)N1CCCC(N2CCCC2=O)CC1. The van der Waals surface area contributed by atoms with Gasteiger partial charge in [-0.2, -0.15) is 0 Å². The summed E-state index contributed by atoms with van der Waals surface area (Å²) in [5.41, 5.74) is -0.227. The van der Waals surface area contributed by atoms with Gasteiger partial charge >= 0.3 is 0 Å². The van der Waals surface area contributed by atoms with Crippen LogP contribution in [-0.4, -0.2) is 55.0 Å². The predicted octanol–water partition coefficient (Wildman–Crippen LogP) is 1.84. The van der Waals surface area contributed by atoms with Crippen LogP contribution < -0.4 is 0 Å². The number of likely N-dealkylation sites (tertiary alicyclic amines) is 1. The predicted molar refractivity (Wildman–Crippen MR) is 83.4 cm³/mol. The van der Waals surface area contributed by atoms with E-state index in [-0.39, 0.29) is 23.1 Å². The van der Waals surface area contributed by atoms with Crippen LogP contribution in [0, 0.1) is 5.41 Å². The first-order chi connectivity index (χ1) is 9.69. The normalized spacial score (nSPS) is 26.1. The summed E-state index contributed by atoms with van der Waals surface area (Å²) in [6.07, 6.45) is 4.14. The molecule has 0 aliphatic carbocycles. The Labute approximate surface area is 128 Å². The zero-order chi connectivity index (χ0) is 15.7. The van der Waals surface area contributed by atoms with Gasteiger partial charge in [0.2, 0.25) is 15.9 Å². The van der Waals surface area contributed by atoms with E-state index in [0.717, 1.165) is 32.2 Å². The summed E-state index contributed by atoms with van der Waals surface area (Å²) in [4.78, 5) is 13.8. The van der Waals surface area contributed by atoms with Gasteiger partial charge in [0, 0.05) is 32.1 Å². The molecule has 0 bridgehead atoms. The second-order valence-corrected chi connectivity index (χ2v) is 9.46. The minimum atomic E-state index is -3.19. The lowest BCUT2D eigenvalue weighted by Gasteiger charge is -2.27. The molecule has 0 aromatic heterocycles. The molecule has 1 amide bonds. The van der Waals surface area contributed by atoms with E-state index in [0.29, 0.717) is 19.5 Å². The second kappa shape index (κ2) is 6.24. The molecule has 1 atom stereocenters. The van der Waals surface area contributed by atoms with Crippen molar-refractivity contribution in [1.29, 1.82) is 0 Å². The number of hydrogen-bond donors (Lipinski definition) is 0. The highest BCUT2D eigenvalue weighted by molar-refractivity contribution is 7.89. The van der Waals surface area contributed by atoms with Gasteiger partial charge in [-0.15, -0.1) is 0 Å². The molecule has 0 saturated carbocycles. The fourth-order valence-electron chi connectivity index (χ4n) is 3.34. The summed E-state index contributed by atoms with van der Waals surface area (Å²) >= 11 is 0. The molecule has 5 nitrogen and oxygen atoms in total. The molecule has 0 aromatic carbocycles. The quantitative estimate of drug-likeness (QED) is 0.798. The summed E-state index contributed by atoms with van der Waals surface area (Å²) in [7, 11) is -3.19. The number of nitrogens with zero attached hydrogens (tertiary/aromatic N) is 2. The van der Waals surface area contributed by atoms with Gasteiger partial charge in [-0.05, 0) is 31.1 Å². The lowest BCUT2D eigenvalue weighted by molar-refractivity contribution is -0.129. The summed E-state index contributed by atoms with van der Waals surface area (Å²) in [5.74, 6) is 0.429.